The zero-order valence-corrected chi connectivity index (χ0v) is 7.57. The zero-order valence-electron chi connectivity index (χ0n) is 6.81. The van der Waals surface area contributed by atoms with Gasteiger partial charge in [-0.05, 0) is 6.42 Å². The topological polar surface area (TPSA) is 57.8 Å². The number of H-pyrrole nitrogens is 1. The number of aromatic nitrogens is 2. The molecular formula is C7H9ClFN3O. The van der Waals surface area contributed by atoms with E-state index in [9.17, 15) is 9.18 Å². The Morgan fingerprint density at radius 3 is 3.15 bits per heavy atom. The molecule has 0 aliphatic rings. The van der Waals surface area contributed by atoms with E-state index in [0.717, 1.165) is 0 Å². The molecular weight excluding hydrogens is 197 g/mol. The third-order valence-electron chi connectivity index (χ3n) is 1.40. The minimum atomic E-state index is -0.409. The van der Waals surface area contributed by atoms with Crippen molar-refractivity contribution in [2.45, 2.75) is 6.42 Å². The third-order valence-corrected chi connectivity index (χ3v) is 1.75. The quantitative estimate of drug-likeness (QED) is 0.727. The normalized spacial score (nSPS) is 10.0. The summed E-state index contributed by atoms with van der Waals surface area (Å²) < 4.78 is 11.7. The Labute approximate surface area is 79.1 Å². The zero-order chi connectivity index (χ0) is 9.68. The molecule has 0 saturated carbocycles. The molecule has 0 unspecified atom stereocenters. The first-order valence-electron chi connectivity index (χ1n) is 3.78. The summed E-state index contributed by atoms with van der Waals surface area (Å²) in [6.45, 7) is 0.000479. The highest BCUT2D eigenvalue weighted by Crippen LogP contribution is 2.11. The van der Waals surface area contributed by atoms with Crippen LogP contribution >= 0.6 is 11.6 Å². The van der Waals surface area contributed by atoms with Crippen molar-refractivity contribution in [3.63, 3.8) is 0 Å². The van der Waals surface area contributed by atoms with Gasteiger partial charge in [0.2, 0.25) is 0 Å². The monoisotopic (exact) mass is 205 g/mol. The number of anilines is 1. The Balaban J connectivity index is 2.66. The molecule has 0 amide bonds. The van der Waals surface area contributed by atoms with Gasteiger partial charge in [0.1, 0.15) is 5.02 Å². The maximum Gasteiger partial charge on any atom is 0.271 e. The average molecular weight is 206 g/mol. The minimum Gasteiger partial charge on any atom is -0.369 e. The number of hydrogen-bond donors (Lipinski definition) is 2. The summed E-state index contributed by atoms with van der Waals surface area (Å²) in [6, 6.07) is 0. The van der Waals surface area contributed by atoms with Crippen LogP contribution in [0.4, 0.5) is 10.2 Å². The second-order valence-corrected chi connectivity index (χ2v) is 2.74. The van der Waals surface area contributed by atoms with Crippen LogP contribution in [0.15, 0.2) is 11.1 Å². The molecule has 0 fully saturated rings. The molecule has 13 heavy (non-hydrogen) atoms. The van der Waals surface area contributed by atoms with Crippen molar-refractivity contribution >= 4 is 17.4 Å². The van der Waals surface area contributed by atoms with Crippen LogP contribution in [0.25, 0.3) is 0 Å². The van der Waals surface area contributed by atoms with Crippen molar-refractivity contribution in [1.82, 2.24) is 9.97 Å². The maximum atomic E-state index is 11.7. The molecule has 2 N–H and O–H groups in total. The molecule has 0 aromatic carbocycles. The van der Waals surface area contributed by atoms with E-state index in [0.29, 0.717) is 18.8 Å². The van der Waals surface area contributed by atoms with E-state index in [1.807, 2.05) is 0 Å². The van der Waals surface area contributed by atoms with Gasteiger partial charge in [0.15, 0.2) is 5.82 Å². The van der Waals surface area contributed by atoms with Crippen LogP contribution in [0, 0.1) is 0 Å². The molecule has 0 aliphatic carbocycles. The van der Waals surface area contributed by atoms with Crippen molar-refractivity contribution in [2.24, 2.45) is 0 Å². The van der Waals surface area contributed by atoms with Gasteiger partial charge in [-0.25, -0.2) is 4.98 Å². The van der Waals surface area contributed by atoms with Gasteiger partial charge in [-0.3, -0.25) is 9.18 Å². The first-order valence-corrected chi connectivity index (χ1v) is 4.16. The average Bonchev–Trinajstić information content (AvgIpc) is 2.13. The van der Waals surface area contributed by atoms with Gasteiger partial charge in [0, 0.05) is 6.54 Å². The number of alkyl halides is 1. The second-order valence-electron chi connectivity index (χ2n) is 2.36. The molecule has 1 rings (SSSR count). The molecule has 1 aromatic rings. The minimum absolute atomic E-state index is 0.00126. The fourth-order valence-electron chi connectivity index (χ4n) is 0.780. The van der Waals surface area contributed by atoms with Gasteiger partial charge in [-0.15, -0.1) is 0 Å². The van der Waals surface area contributed by atoms with Crippen molar-refractivity contribution < 1.29 is 4.39 Å². The molecule has 4 nitrogen and oxygen atoms in total. The van der Waals surface area contributed by atoms with Gasteiger partial charge < -0.3 is 10.3 Å². The molecule has 6 heteroatoms. The molecule has 1 aromatic heterocycles. The Hall–Kier alpha value is -1.10. The molecule has 0 bridgehead atoms. The van der Waals surface area contributed by atoms with Crippen molar-refractivity contribution in [3.8, 4) is 0 Å². The third kappa shape index (κ3) is 2.69. The largest absolute Gasteiger partial charge is 0.369 e. The van der Waals surface area contributed by atoms with Crippen LogP contribution in [0.1, 0.15) is 6.42 Å². The highest BCUT2D eigenvalue weighted by atomic mass is 35.5. The number of nitrogens with zero attached hydrogens (tertiary/aromatic N) is 1. The Morgan fingerprint density at radius 1 is 1.69 bits per heavy atom. The molecule has 0 atom stereocenters. The lowest BCUT2D eigenvalue weighted by Gasteiger charge is -2.03. The number of rotatable bonds is 4. The lowest BCUT2D eigenvalue weighted by molar-refractivity contribution is 0.481. The van der Waals surface area contributed by atoms with Crippen LogP contribution in [0.5, 0.6) is 0 Å². The summed E-state index contributed by atoms with van der Waals surface area (Å²) in [5.74, 6) is 0.291. The van der Waals surface area contributed by atoms with Gasteiger partial charge in [-0.2, -0.15) is 0 Å². The van der Waals surface area contributed by atoms with E-state index in [2.05, 4.69) is 15.3 Å². The molecule has 0 spiro atoms. The van der Waals surface area contributed by atoms with Crippen LogP contribution in [0.3, 0.4) is 0 Å². The maximum absolute atomic E-state index is 11.7. The molecule has 0 saturated heterocycles. The Kier molecular flexibility index (Phi) is 3.70. The smallest absolute Gasteiger partial charge is 0.271 e. The fraction of sp³-hybridized carbons (Fsp3) is 0.429. The van der Waals surface area contributed by atoms with E-state index in [1.165, 1.54) is 6.33 Å². The molecule has 72 valence electrons. The lowest BCUT2D eigenvalue weighted by atomic mass is 10.4. The van der Waals surface area contributed by atoms with Gasteiger partial charge >= 0.3 is 0 Å². The van der Waals surface area contributed by atoms with Crippen LogP contribution in [0.2, 0.25) is 5.02 Å². The van der Waals surface area contributed by atoms with E-state index in [4.69, 9.17) is 11.6 Å². The number of aromatic amines is 1. The van der Waals surface area contributed by atoms with Crippen molar-refractivity contribution in [3.05, 3.63) is 21.7 Å². The van der Waals surface area contributed by atoms with E-state index >= 15 is 0 Å². The molecule has 1 heterocycles. The highest BCUT2D eigenvalue weighted by Gasteiger charge is 2.03. The van der Waals surface area contributed by atoms with E-state index in [1.54, 1.807) is 0 Å². The van der Waals surface area contributed by atoms with Crippen molar-refractivity contribution in [2.75, 3.05) is 18.5 Å². The second kappa shape index (κ2) is 4.81. The van der Waals surface area contributed by atoms with Gasteiger partial charge in [0.25, 0.3) is 5.56 Å². The predicted octanol–water partition coefficient (Wildman–Crippen LogP) is 1.19. The van der Waals surface area contributed by atoms with E-state index in [-0.39, 0.29) is 5.02 Å². The number of hydrogen-bond acceptors (Lipinski definition) is 3. The summed E-state index contributed by atoms with van der Waals surface area (Å²) in [6.07, 6.45) is 1.61. The molecule has 0 radical (unpaired) electrons. The number of nitrogens with one attached hydrogen (secondary N) is 2. The number of halogens is 2. The Morgan fingerprint density at radius 2 is 2.46 bits per heavy atom. The van der Waals surface area contributed by atoms with Crippen LogP contribution in [-0.4, -0.2) is 23.2 Å². The highest BCUT2D eigenvalue weighted by molar-refractivity contribution is 6.32. The lowest BCUT2D eigenvalue weighted by Crippen LogP contribution is -2.12. The summed E-state index contributed by atoms with van der Waals surface area (Å²) in [7, 11) is 0. The van der Waals surface area contributed by atoms with Crippen molar-refractivity contribution in [1.29, 1.82) is 0 Å². The summed E-state index contributed by atoms with van der Waals surface area (Å²) in [5.41, 5.74) is -0.403. The first-order chi connectivity index (χ1) is 6.25. The fourth-order valence-corrected chi connectivity index (χ4v) is 0.950. The Bertz CT molecular complexity index is 328. The molecule has 0 aliphatic heterocycles. The SMILES string of the molecule is O=c1[nH]cnc(NCCCF)c1Cl. The standard InChI is InChI=1S/C7H9ClFN3O/c8-5-6(10-3-1-2-9)11-4-12-7(5)13/h4H,1-3H2,(H2,10,11,12,13). The summed E-state index contributed by atoms with van der Waals surface area (Å²) >= 11 is 5.61. The van der Waals surface area contributed by atoms with Gasteiger partial charge in [-0.1, -0.05) is 11.6 Å². The summed E-state index contributed by atoms with van der Waals surface area (Å²) in [5, 5.41) is 2.75. The first kappa shape index (κ1) is 9.98. The van der Waals surface area contributed by atoms with E-state index < -0.39 is 12.2 Å². The summed E-state index contributed by atoms with van der Waals surface area (Å²) in [4.78, 5) is 17.0. The van der Waals surface area contributed by atoms with Crippen LogP contribution < -0.4 is 10.9 Å². The van der Waals surface area contributed by atoms with Crippen LogP contribution in [-0.2, 0) is 0 Å². The predicted molar refractivity (Wildman–Crippen MR) is 48.9 cm³/mol. The van der Waals surface area contributed by atoms with Gasteiger partial charge in [0.05, 0.1) is 13.0 Å².